The second-order valence-electron chi connectivity index (χ2n) is 5.02. The van der Waals surface area contributed by atoms with Crippen LogP contribution < -0.4 is 5.32 Å². The van der Waals surface area contributed by atoms with Gasteiger partial charge in [0.15, 0.2) is 0 Å². The van der Waals surface area contributed by atoms with Crippen molar-refractivity contribution in [1.82, 2.24) is 4.57 Å². The molecule has 23 heavy (non-hydrogen) atoms. The number of nitrogens with one attached hydrogen (secondary N) is 1. The summed E-state index contributed by atoms with van der Waals surface area (Å²) in [6.45, 7) is 0. The molecule has 0 spiro atoms. The van der Waals surface area contributed by atoms with E-state index in [1.807, 2.05) is 6.07 Å². The first-order valence-electron chi connectivity index (χ1n) is 6.77. The molecule has 7 heteroatoms. The number of halogens is 1. The highest BCUT2D eigenvalue weighted by Gasteiger charge is 2.18. The third kappa shape index (κ3) is 2.76. The lowest BCUT2D eigenvalue weighted by Gasteiger charge is -2.07. The van der Waals surface area contributed by atoms with E-state index >= 15 is 0 Å². The standard InChI is InChI=1S/C16H12ClN3O3/c1-19-13-7-6-11(17)8-10(13)9-15(19)16(21)18-12-4-2-3-5-14(12)20(22)23/h2-9H,1H3,(H,18,21). The average Bonchev–Trinajstić information content (AvgIpc) is 2.84. The molecule has 0 aliphatic carbocycles. The van der Waals surface area contributed by atoms with Crippen LogP contribution in [0, 0.1) is 10.1 Å². The molecular formula is C16H12ClN3O3. The molecule has 1 amide bonds. The van der Waals surface area contributed by atoms with E-state index < -0.39 is 10.8 Å². The molecule has 1 heterocycles. The number of aromatic nitrogens is 1. The number of amides is 1. The van der Waals surface area contributed by atoms with Crippen LogP contribution in [0.4, 0.5) is 11.4 Å². The molecule has 1 aromatic heterocycles. The molecule has 6 nitrogen and oxygen atoms in total. The maximum absolute atomic E-state index is 12.5. The van der Waals surface area contributed by atoms with Crippen LogP contribution in [-0.2, 0) is 7.05 Å². The van der Waals surface area contributed by atoms with Crippen molar-refractivity contribution in [2.45, 2.75) is 0 Å². The lowest BCUT2D eigenvalue weighted by atomic mass is 10.2. The van der Waals surface area contributed by atoms with Crippen LogP contribution >= 0.6 is 11.6 Å². The van der Waals surface area contributed by atoms with Gasteiger partial charge in [0.05, 0.1) is 4.92 Å². The van der Waals surface area contributed by atoms with Gasteiger partial charge in [0.2, 0.25) is 0 Å². The maximum Gasteiger partial charge on any atom is 0.292 e. The van der Waals surface area contributed by atoms with E-state index in [1.54, 1.807) is 41.9 Å². The zero-order valence-electron chi connectivity index (χ0n) is 12.1. The quantitative estimate of drug-likeness (QED) is 0.583. The highest BCUT2D eigenvalue weighted by molar-refractivity contribution is 6.31. The summed E-state index contributed by atoms with van der Waals surface area (Å²) in [5.41, 5.74) is 1.25. The molecule has 3 rings (SSSR count). The van der Waals surface area contributed by atoms with E-state index in [0.29, 0.717) is 10.7 Å². The molecule has 0 atom stereocenters. The van der Waals surface area contributed by atoms with Gasteiger partial charge in [-0.2, -0.15) is 0 Å². The van der Waals surface area contributed by atoms with Gasteiger partial charge in [-0.1, -0.05) is 23.7 Å². The number of carbonyl (C=O) groups is 1. The number of benzene rings is 2. The topological polar surface area (TPSA) is 77.2 Å². The summed E-state index contributed by atoms with van der Waals surface area (Å²) in [5.74, 6) is -0.422. The summed E-state index contributed by atoms with van der Waals surface area (Å²) < 4.78 is 1.72. The number of hydrogen-bond donors (Lipinski definition) is 1. The van der Waals surface area contributed by atoms with Crippen molar-refractivity contribution in [3.8, 4) is 0 Å². The lowest BCUT2D eigenvalue weighted by molar-refractivity contribution is -0.383. The molecule has 0 aliphatic heterocycles. The van der Waals surface area contributed by atoms with Gasteiger partial charge in [-0.25, -0.2) is 0 Å². The molecule has 2 aromatic carbocycles. The molecule has 0 saturated carbocycles. The molecule has 0 radical (unpaired) electrons. The predicted molar refractivity (Wildman–Crippen MR) is 89.0 cm³/mol. The van der Waals surface area contributed by atoms with E-state index in [1.165, 1.54) is 12.1 Å². The zero-order chi connectivity index (χ0) is 16.6. The lowest BCUT2D eigenvalue weighted by Crippen LogP contribution is -2.16. The second kappa shape index (κ2) is 5.73. The normalized spacial score (nSPS) is 10.7. The van der Waals surface area contributed by atoms with E-state index in [4.69, 9.17) is 11.6 Å². The second-order valence-corrected chi connectivity index (χ2v) is 5.46. The Morgan fingerprint density at radius 3 is 2.70 bits per heavy atom. The highest BCUT2D eigenvalue weighted by Crippen LogP contribution is 2.26. The van der Waals surface area contributed by atoms with Gasteiger partial charge < -0.3 is 9.88 Å². The van der Waals surface area contributed by atoms with Crippen LogP contribution in [-0.4, -0.2) is 15.4 Å². The SMILES string of the molecule is Cn1c(C(=O)Nc2ccccc2[N+](=O)[O-])cc2cc(Cl)ccc21. The fraction of sp³-hybridized carbons (Fsp3) is 0.0625. The Morgan fingerprint density at radius 2 is 1.96 bits per heavy atom. The van der Waals surface area contributed by atoms with Gasteiger partial charge in [0.1, 0.15) is 11.4 Å². The molecular weight excluding hydrogens is 318 g/mol. The van der Waals surface area contributed by atoms with Crippen molar-refractivity contribution < 1.29 is 9.72 Å². The van der Waals surface area contributed by atoms with Crippen LogP contribution in [0.3, 0.4) is 0 Å². The fourth-order valence-electron chi connectivity index (χ4n) is 2.46. The van der Waals surface area contributed by atoms with Crippen molar-refractivity contribution in [3.63, 3.8) is 0 Å². The average molecular weight is 330 g/mol. The van der Waals surface area contributed by atoms with Crippen LogP contribution in [0.25, 0.3) is 10.9 Å². The summed E-state index contributed by atoms with van der Waals surface area (Å²) in [4.78, 5) is 23.0. The summed E-state index contributed by atoms with van der Waals surface area (Å²) in [5, 5.41) is 15.0. The Labute approximate surface area is 136 Å². The minimum absolute atomic E-state index is 0.150. The number of nitrogens with zero attached hydrogens (tertiary/aromatic N) is 2. The van der Waals surface area contributed by atoms with Crippen molar-refractivity contribution >= 4 is 39.8 Å². The number of hydrogen-bond acceptors (Lipinski definition) is 3. The van der Waals surface area contributed by atoms with Crippen LogP contribution in [0.5, 0.6) is 0 Å². The van der Waals surface area contributed by atoms with Gasteiger partial charge in [-0.05, 0) is 30.3 Å². The van der Waals surface area contributed by atoms with Crippen molar-refractivity contribution in [2.24, 2.45) is 7.05 Å². The van der Waals surface area contributed by atoms with E-state index in [0.717, 1.165) is 10.9 Å². The van der Waals surface area contributed by atoms with Crippen molar-refractivity contribution in [1.29, 1.82) is 0 Å². The predicted octanol–water partition coefficient (Wildman–Crippen LogP) is 3.99. The number of para-hydroxylation sites is 2. The van der Waals surface area contributed by atoms with Crippen molar-refractivity contribution in [3.05, 3.63) is 69.4 Å². The number of fused-ring (bicyclic) bond motifs is 1. The Bertz CT molecular complexity index is 933. The molecule has 116 valence electrons. The Balaban J connectivity index is 1.99. The van der Waals surface area contributed by atoms with Gasteiger partial charge in [-0.15, -0.1) is 0 Å². The van der Waals surface area contributed by atoms with E-state index in [-0.39, 0.29) is 11.4 Å². The zero-order valence-corrected chi connectivity index (χ0v) is 12.9. The first kappa shape index (κ1) is 15.1. The number of rotatable bonds is 3. The molecule has 0 fully saturated rings. The number of aryl methyl sites for hydroxylation is 1. The molecule has 0 bridgehead atoms. The minimum atomic E-state index is -0.531. The van der Waals surface area contributed by atoms with E-state index in [2.05, 4.69) is 5.32 Å². The minimum Gasteiger partial charge on any atom is -0.340 e. The van der Waals surface area contributed by atoms with Crippen LogP contribution in [0.2, 0.25) is 5.02 Å². The maximum atomic E-state index is 12.5. The number of anilines is 1. The van der Waals surface area contributed by atoms with E-state index in [9.17, 15) is 14.9 Å². The monoisotopic (exact) mass is 329 g/mol. The third-order valence-electron chi connectivity index (χ3n) is 3.59. The van der Waals surface area contributed by atoms with Gasteiger partial charge in [0, 0.05) is 29.0 Å². The number of nitro benzene ring substituents is 1. The van der Waals surface area contributed by atoms with Gasteiger partial charge in [0.25, 0.3) is 11.6 Å². The number of nitro groups is 1. The summed E-state index contributed by atoms with van der Waals surface area (Å²) >= 11 is 5.96. The molecule has 1 N–H and O–H groups in total. The van der Waals surface area contributed by atoms with Gasteiger partial charge >= 0.3 is 0 Å². The Hall–Kier alpha value is -2.86. The van der Waals surface area contributed by atoms with Gasteiger partial charge in [-0.3, -0.25) is 14.9 Å². The van der Waals surface area contributed by atoms with Crippen LogP contribution in [0.1, 0.15) is 10.5 Å². The molecule has 0 aliphatic rings. The molecule has 0 unspecified atom stereocenters. The summed E-state index contributed by atoms with van der Waals surface area (Å²) in [6.07, 6.45) is 0. The smallest absolute Gasteiger partial charge is 0.292 e. The number of carbonyl (C=O) groups excluding carboxylic acids is 1. The highest BCUT2D eigenvalue weighted by atomic mass is 35.5. The molecule has 0 saturated heterocycles. The third-order valence-corrected chi connectivity index (χ3v) is 3.82. The first-order chi connectivity index (χ1) is 11.0. The largest absolute Gasteiger partial charge is 0.340 e. The van der Waals surface area contributed by atoms with Crippen molar-refractivity contribution in [2.75, 3.05) is 5.32 Å². The Morgan fingerprint density at radius 1 is 1.22 bits per heavy atom. The summed E-state index contributed by atoms with van der Waals surface area (Å²) in [7, 11) is 1.75. The first-order valence-corrected chi connectivity index (χ1v) is 7.15. The molecule has 3 aromatic rings. The van der Waals surface area contributed by atoms with Crippen LogP contribution in [0.15, 0.2) is 48.5 Å². The summed E-state index contributed by atoms with van der Waals surface area (Å²) in [6, 6.07) is 13.0. The fourth-order valence-corrected chi connectivity index (χ4v) is 2.64. The Kier molecular flexibility index (Phi) is 3.75.